The second kappa shape index (κ2) is 6.90. The molecule has 2 aliphatic heterocycles. The minimum Gasteiger partial charge on any atom is -0.464 e. The van der Waals surface area contributed by atoms with E-state index in [0.717, 1.165) is 22.6 Å². The van der Waals surface area contributed by atoms with Crippen LogP contribution >= 0.6 is 11.6 Å². The Morgan fingerprint density at radius 3 is 2.66 bits per heavy atom. The average Bonchev–Trinajstić information content (AvgIpc) is 3.19. The Morgan fingerprint density at radius 2 is 1.86 bits per heavy atom. The zero-order chi connectivity index (χ0) is 20.0. The van der Waals surface area contributed by atoms with Gasteiger partial charge >= 0.3 is 0 Å². The fourth-order valence-corrected chi connectivity index (χ4v) is 3.99. The number of nitro benzene ring substituents is 1. The summed E-state index contributed by atoms with van der Waals surface area (Å²) in [6, 6.07) is 22.0. The number of para-hydroxylation sites is 1. The number of halogens is 1. The number of hydrogen-bond donors (Lipinski definition) is 0. The summed E-state index contributed by atoms with van der Waals surface area (Å²) in [7, 11) is 0. The highest BCUT2D eigenvalue weighted by Gasteiger charge is 2.41. The molecule has 6 nitrogen and oxygen atoms in total. The van der Waals surface area contributed by atoms with E-state index in [2.05, 4.69) is 0 Å². The molecule has 0 saturated carbocycles. The maximum absolute atomic E-state index is 11.2. The van der Waals surface area contributed by atoms with Gasteiger partial charge in [0.15, 0.2) is 0 Å². The molecular formula is C22H16ClN3O3. The topological polar surface area (TPSA) is 68.0 Å². The zero-order valence-electron chi connectivity index (χ0n) is 15.2. The standard InChI is InChI=1S/C22H16ClN3O3/c23-16-10-8-14(9-11-16)19-13-20-18-6-1-2-7-21(18)29-22(25(20)24-19)15-4-3-5-17(12-15)26(27)28/h1-12,20,22H,13H2/t20-,22+/m1/s1. The van der Waals surface area contributed by atoms with E-state index in [1.807, 2.05) is 59.6 Å². The van der Waals surface area contributed by atoms with Crippen LogP contribution in [0.4, 0.5) is 5.69 Å². The summed E-state index contributed by atoms with van der Waals surface area (Å²) in [6.07, 6.45) is 0.174. The predicted octanol–water partition coefficient (Wildman–Crippen LogP) is 5.49. The summed E-state index contributed by atoms with van der Waals surface area (Å²) in [4.78, 5) is 10.8. The lowest BCUT2D eigenvalue weighted by molar-refractivity contribution is -0.385. The van der Waals surface area contributed by atoms with Gasteiger partial charge in [-0.1, -0.05) is 54.1 Å². The number of non-ortho nitro benzene ring substituents is 1. The predicted molar refractivity (Wildman–Crippen MR) is 110 cm³/mol. The molecule has 2 heterocycles. The number of nitro groups is 1. The van der Waals surface area contributed by atoms with Crippen LogP contribution in [0.15, 0.2) is 77.9 Å². The van der Waals surface area contributed by atoms with Crippen molar-refractivity contribution >= 4 is 23.0 Å². The number of benzene rings is 3. The first-order chi connectivity index (χ1) is 14.1. The largest absolute Gasteiger partial charge is 0.464 e. The molecule has 0 unspecified atom stereocenters. The third-order valence-electron chi connectivity index (χ3n) is 5.24. The molecule has 0 N–H and O–H groups in total. The molecule has 5 rings (SSSR count). The van der Waals surface area contributed by atoms with Crippen LogP contribution in [0.2, 0.25) is 5.02 Å². The van der Waals surface area contributed by atoms with Gasteiger partial charge < -0.3 is 4.74 Å². The van der Waals surface area contributed by atoms with E-state index < -0.39 is 11.2 Å². The van der Waals surface area contributed by atoms with E-state index in [1.54, 1.807) is 12.1 Å². The molecular weight excluding hydrogens is 390 g/mol. The Bertz CT molecular complexity index is 1130. The lowest BCUT2D eigenvalue weighted by Gasteiger charge is -2.38. The van der Waals surface area contributed by atoms with Crippen molar-refractivity contribution in [1.82, 2.24) is 5.01 Å². The van der Waals surface area contributed by atoms with Crippen molar-refractivity contribution in [1.29, 1.82) is 0 Å². The van der Waals surface area contributed by atoms with Crippen molar-refractivity contribution < 1.29 is 9.66 Å². The Kier molecular flexibility index (Phi) is 4.21. The molecule has 0 aromatic heterocycles. The maximum Gasteiger partial charge on any atom is 0.269 e. The van der Waals surface area contributed by atoms with Gasteiger partial charge in [0.25, 0.3) is 5.69 Å². The van der Waals surface area contributed by atoms with Gasteiger partial charge in [0.1, 0.15) is 5.75 Å². The molecule has 144 valence electrons. The van der Waals surface area contributed by atoms with Crippen molar-refractivity contribution in [2.24, 2.45) is 5.10 Å². The van der Waals surface area contributed by atoms with E-state index >= 15 is 0 Å². The summed E-state index contributed by atoms with van der Waals surface area (Å²) in [5, 5.41) is 18.7. The van der Waals surface area contributed by atoms with Crippen LogP contribution in [-0.4, -0.2) is 15.6 Å². The maximum atomic E-state index is 11.2. The van der Waals surface area contributed by atoms with E-state index in [1.165, 1.54) is 6.07 Å². The Balaban J connectivity index is 1.59. The van der Waals surface area contributed by atoms with Gasteiger partial charge in [-0.3, -0.25) is 10.1 Å². The molecule has 0 radical (unpaired) electrons. The fraction of sp³-hybridized carbons (Fsp3) is 0.136. The van der Waals surface area contributed by atoms with Crippen LogP contribution in [0.25, 0.3) is 0 Å². The minimum atomic E-state index is -0.542. The Morgan fingerprint density at radius 1 is 1.07 bits per heavy atom. The molecule has 3 aromatic rings. The third-order valence-corrected chi connectivity index (χ3v) is 5.49. The summed E-state index contributed by atoms with van der Waals surface area (Å²) >= 11 is 6.03. The second-order valence-corrected chi connectivity index (χ2v) is 7.45. The van der Waals surface area contributed by atoms with E-state index in [9.17, 15) is 10.1 Å². The van der Waals surface area contributed by atoms with Crippen molar-refractivity contribution in [2.45, 2.75) is 18.7 Å². The van der Waals surface area contributed by atoms with Gasteiger partial charge in [-0.2, -0.15) is 5.10 Å². The van der Waals surface area contributed by atoms with Gasteiger partial charge in [-0.25, -0.2) is 5.01 Å². The first kappa shape index (κ1) is 17.7. The first-order valence-corrected chi connectivity index (χ1v) is 9.59. The van der Waals surface area contributed by atoms with Crippen LogP contribution in [0, 0.1) is 10.1 Å². The van der Waals surface area contributed by atoms with Crippen molar-refractivity contribution in [3.05, 3.63) is 105 Å². The molecule has 0 aliphatic carbocycles. The first-order valence-electron chi connectivity index (χ1n) is 9.22. The Hall–Kier alpha value is -3.38. The number of hydrazone groups is 1. The third kappa shape index (κ3) is 3.11. The number of nitrogens with zero attached hydrogens (tertiary/aromatic N) is 3. The molecule has 29 heavy (non-hydrogen) atoms. The van der Waals surface area contributed by atoms with Gasteiger partial charge in [-0.15, -0.1) is 0 Å². The van der Waals surface area contributed by atoms with E-state index in [-0.39, 0.29) is 11.7 Å². The highest BCUT2D eigenvalue weighted by molar-refractivity contribution is 6.30. The minimum absolute atomic E-state index is 0.00473. The lowest BCUT2D eigenvalue weighted by Crippen LogP contribution is -2.33. The lowest BCUT2D eigenvalue weighted by atomic mass is 9.96. The van der Waals surface area contributed by atoms with Gasteiger partial charge in [-0.05, 0) is 23.8 Å². The van der Waals surface area contributed by atoms with Crippen molar-refractivity contribution in [3.8, 4) is 5.75 Å². The molecule has 7 heteroatoms. The normalized spacial score (nSPS) is 19.8. The SMILES string of the molecule is O=[N+]([O-])c1cccc([C@@H]2Oc3ccccc3[C@H]3CC(c4ccc(Cl)cc4)=NN32)c1. The molecule has 3 aromatic carbocycles. The van der Waals surface area contributed by atoms with Crippen molar-refractivity contribution in [2.75, 3.05) is 0 Å². The fourth-order valence-electron chi connectivity index (χ4n) is 3.86. The summed E-state index contributed by atoms with van der Waals surface area (Å²) in [6.45, 7) is 0. The van der Waals surface area contributed by atoms with Crippen LogP contribution in [0.3, 0.4) is 0 Å². The highest BCUT2D eigenvalue weighted by Crippen LogP contribution is 2.47. The molecule has 0 fully saturated rings. The van der Waals surface area contributed by atoms with Crippen molar-refractivity contribution in [3.63, 3.8) is 0 Å². The smallest absolute Gasteiger partial charge is 0.269 e. The summed E-state index contributed by atoms with van der Waals surface area (Å²) in [5.41, 5.74) is 3.71. The van der Waals surface area contributed by atoms with Gasteiger partial charge in [0.05, 0.1) is 16.7 Å². The van der Waals surface area contributed by atoms with Gasteiger partial charge in [0.2, 0.25) is 6.23 Å². The number of fused-ring (bicyclic) bond motifs is 3. The molecule has 0 saturated heterocycles. The molecule has 2 aliphatic rings. The second-order valence-electron chi connectivity index (χ2n) is 7.01. The molecule has 0 bridgehead atoms. The average molecular weight is 406 g/mol. The number of hydrogen-bond acceptors (Lipinski definition) is 5. The van der Waals surface area contributed by atoms with E-state index in [4.69, 9.17) is 21.4 Å². The number of ether oxygens (including phenoxy) is 1. The van der Waals surface area contributed by atoms with Crippen LogP contribution in [0.5, 0.6) is 5.75 Å². The summed E-state index contributed by atoms with van der Waals surface area (Å²) < 4.78 is 6.25. The van der Waals surface area contributed by atoms with E-state index in [0.29, 0.717) is 17.0 Å². The molecule has 0 amide bonds. The molecule has 0 spiro atoms. The summed E-state index contributed by atoms with van der Waals surface area (Å²) in [5.74, 6) is 0.776. The van der Waals surface area contributed by atoms with Crippen LogP contribution in [-0.2, 0) is 0 Å². The van der Waals surface area contributed by atoms with Crippen LogP contribution in [0.1, 0.15) is 35.4 Å². The zero-order valence-corrected chi connectivity index (χ0v) is 16.0. The Labute approximate surface area is 172 Å². The molecule has 2 atom stereocenters. The quantitative estimate of drug-likeness (QED) is 0.426. The van der Waals surface area contributed by atoms with Crippen LogP contribution < -0.4 is 4.74 Å². The monoisotopic (exact) mass is 405 g/mol. The van der Waals surface area contributed by atoms with Gasteiger partial charge in [0, 0.05) is 34.7 Å². The number of rotatable bonds is 3. The highest BCUT2D eigenvalue weighted by atomic mass is 35.5.